The van der Waals surface area contributed by atoms with Crippen LogP contribution in [0.3, 0.4) is 0 Å². The summed E-state index contributed by atoms with van der Waals surface area (Å²) in [6.45, 7) is 1.76. The number of hydrogen-bond donors (Lipinski definition) is 1. The number of hydrogen-bond acceptors (Lipinski definition) is 4. The highest BCUT2D eigenvalue weighted by Gasteiger charge is 2.27. The molecule has 158 valence electrons. The summed E-state index contributed by atoms with van der Waals surface area (Å²) >= 11 is 0. The zero-order valence-electron chi connectivity index (χ0n) is 16.8. The maximum Gasteiger partial charge on any atom is 0.243 e. The van der Waals surface area contributed by atoms with Crippen LogP contribution in [0.2, 0.25) is 0 Å². The van der Waals surface area contributed by atoms with Crippen molar-refractivity contribution in [1.29, 1.82) is 0 Å². The van der Waals surface area contributed by atoms with Crippen molar-refractivity contribution in [3.63, 3.8) is 0 Å². The van der Waals surface area contributed by atoms with Crippen LogP contribution in [0.25, 0.3) is 0 Å². The summed E-state index contributed by atoms with van der Waals surface area (Å²) in [7, 11) is -5.93. The largest absolute Gasteiger partial charge is 0.243 e. The Morgan fingerprint density at radius 3 is 1.90 bits per heavy atom. The van der Waals surface area contributed by atoms with Crippen molar-refractivity contribution in [2.24, 2.45) is 5.14 Å². The third kappa shape index (κ3) is 4.88. The molecule has 2 aromatic rings. The van der Waals surface area contributed by atoms with Crippen LogP contribution < -0.4 is 5.14 Å². The van der Waals surface area contributed by atoms with Crippen LogP contribution in [-0.4, -0.2) is 28.2 Å². The Labute approximate surface area is 173 Å². The van der Waals surface area contributed by atoms with Crippen molar-refractivity contribution in [2.75, 3.05) is 7.05 Å². The molecule has 0 bridgehead atoms. The average Bonchev–Trinajstić information content (AvgIpc) is 2.73. The summed E-state index contributed by atoms with van der Waals surface area (Å²) in [6.07, 6.45) is 6.07. The van der Waals surface area contributed by atoms with E-state index in [0.29, 0.717) is 11.5 Å². The molecule has 1 aliphatic rings. The van der Waals surface area contributed by atoms with E-state index in [1.54, 1.807) is 31.2 Å². The van der Waals surface area contributed by atoms with Gasteiger partial charge in [0.05, 0.1) is 9.79 Å². The van der Waals surface area contributed by atoms with Gasteiger partial charge in [0, 0.05) is 13.1 Å². The quantitative estimate of drug-likeness (QED) is 0.745. The lowest BCUT2D eigenvalue weighted by molar-refractivity contribution is 0.398. The van der Waals surface area contributed by atoms with Crippen LogP contribution in [0, 0.1) is 0 Å². The van der Waals surface area contributed by atoms with Crippen molar-refractivity contribution in [3.05, 3.63) is 59.7 Å². The van der Waals surface area contributed by atoms with Gasteiger partial charge in [-0.15, -0.1) is 0 Å². The molecule has 1 saturated carbocycles. The Kier molecular flexibility index (Phi) is 6.48. The summed E-state index contributed by atoms with van der Waals surface area (Å²) in [6, 6.07) is 12.7. The lowest BCUT2D eigenvalue weighted by Crippen LogP contribution is -2.30. The lowest BCUT2D eigenvalue weighted by atomic mass is 9.84. The van der Waals surface area contributed by atoms with E-state index in [2.05, 4.69) is 0 Å². The van der Waals surface area contributed by atoms with Gasteiger partial charge in [0.2, 0.25) is 20.0 Å². The van der Waals surface area contributed by atoms with E-state index >= 15 is 0 Å². The minimum atomic E-state index is -3.78. The highest BCUT2D eigenvalue weighted by molar-refractivity contribution is 7.89. The SMILES string of the molecule is CC(c1ccc(S(N)(=O)=O)cc1)N(C)S(=O)(=O)c1ccc(C2CCCCC2)cc1. The van der Waals surface area contributed by atoms with Gasteiger partial charge in [-0.05, 0) is 61.1 Å². The van der Waals surface area contributed by atoms with Crippen LogP contribution in [-0.2, 0) is 20.0 Å². The number of nitrogens with two attached hydrogens (primary N) is 1. The second-order valence-electron chi connectivity index (χ2n) is 7.72. The third-order valence-electron chi connectivity index (χ3n) is 5.87. The maximum absolute atomic E-state index is 13.1. The molecular formula is C21H28N2O4S2. The van der Waals surface area contributed by atoms with E-state index in [1.807, 2.05) is 12.1 Å². The molecule has 1 unspecified atom stereocenters. The van der Waals surface area contributed by atoms with Crippen LogP contribution in [0.15, 0.2) is 58.3 Å². The minimum Gasteiger partial charge on any atom is -0.225 e. The van der Waals surface area contributed by atoms with Gasteiger partial charge in [0.15, 0.2) is 0 Å². The van der Waals surface area contributed by atoms with Gasteiger partial charge in [-0.3, -0.25) is 0 Å². The molecule has 0 aromatic heterocycles. The smallest absolute Gasteiger partial charge is 0.225 e. The zero-order valence-corrected chi connectivity index (χ0v) is 18.4. The van der Waals surface area contributed by atoms with Gasteiger partial charge in [-0.25, -0.2) is 22.0 Å². The standard InChI is InChI=1S/C21H28N2O4S2/c1-16(17-8-12-20(13-9-17)28(22,24)25)23(2)29(26,27)21-14-10-19(11-15-21)18-6-4-3-5-7-18/h8-16,18H,3-7H2,1-2H3,(H2,22,24,25). The fraction of sp³-hybridized carbons (Fsp3) is 0.429. The third-order valence-corrected chi connectivity index (χ3v) is 8.74. The van der Waals surface area contributed by atoms with Crippen LogP contribution in [0.1, 0.15) is 62.1 Å². The van der Waals surface area contributed by atoms with Crippen molar-refractivity contribution in [2.45, 2.75) is 60.8 Å². The first-order chi connectivity index (χ1) is 13.6. The second-order valence-corrected chi connectivity index (χ2v) is 11.3. The molecule has 6 nitrogen and oxygen atoms in total. The first-order valence-corrected chi connectivity index (χ1v) is 12.8. The topological polar surface area (TPSA) is 97.5 Å². The fourth-order valence-electron chi connectivity index (χ4n) is 3.87. The summed E-state index contributed by atoms with van der Waals surface area (Å²) in [4.78, 5) is 0.254. The van der Waals surface area contributed by atoms with Crippen LogP contribution in [0.5, 0.6) is 0 Å². The fourth-order valence-corrected chi connectivity index (χ4v) is 5.73. The maximum atomic E-state index is 13.1. The zero-order chi connectivity index (χ0) is 21.2. The van der Waals surface area contributed by atoms with Gasteiger partial charge in [-0.1, -0.05) is 43.5 Å². The molecule has 0 spiro atoms. The number of primary sulfonamides is 1. The molecule has 0 aliphatic heterocycles. The molecular weight excluding hydrogens is 408 g/mol. The number of rotatable bonds is 6. The van der Waals surface area contributed by atoms with Crippen molar-refractivity contribution >= 4 is 20.0 Å². The van der Waals surface area contributed by atoms with Crippen molar-refractivity contribution in [1.82, 2.24) is 4.31 Å². The summed E-state index contributed by atoms with van der Waals surface area (Å²) in [5.41, 5.74) is 1.89. The van der Waals surface area contributed by atoms with Crippen LogP contribution >= 0.6 is 0 Å². The molecule has 0 amide bonds. The predicted molar refractivity (Wildman–Crippen MR) is 113 cm³/mol. The van der Waals surface area contributed by atoms with Crippen molar-refractivity contribution < 1.29 is 16.8 Å². The Morgan fingerprint density at radius 2 is 1.38 bits per heavy atom. The summed E-state index contributed by atoms with van der Waals surface area (Å²) < 4.78 is 50.3. The van der Waals surface area contributed by atoms with Gasteiger partial charge in [0.25, 0.3) is 0 Å². The molecule has 29 heavy (non-hydrogen) atoms. The normalized spacial score (nSPS) is 17.4. The van der Waals surface area contributed by atoms with Crippen molar-refractivity contribution in [3.8, 4) is 0 Å². The molecule has 0 heterocycles. The molecule has 1 fully saturated rings. The van der Waals surface area contributed by atoms with Gasteiger partial charge < -0.3 is 0 Å². The summed E-state index contributed by atoms with van der Waals surface area (Å²) in [5, 5.41) is 5.12. The highest BCUT2D eigenvalue weighted by Crippen LogP contribution is 2.33. The molecule has 0 saturated heterocycles. The van der Waals surface area contributed by atoms with E-state index in [-0.39, 0.29) is 9.79 Å². The van der Waals surface area contributed by atoms with Gasteiger partial charge in [0.1, 0.15) is 0 Å². The molecule has 1 aliphatic carbocycles. The second kappa shape index (κ2) is 8.55. The molecule has 2 N–H and O–H groups in total. The number of benzene rings is 2. The van der Waals surface area contributed by atoms with E-state index in [1.165, 1.54) is 48.3 Å². The molecule has 2 aromatic carbocycles. The van der Waals surface area contributed by atoms with E-state index in [0.717, 1.165) is 12.8 Å². The average molecular weight is 437 g/mol. The Balaban J connectivity index is 1.79. The molecule has 0 radical (unpaired) electrons. The van der Waals surface area contributed by atoms with E-state index in [4.69, 9.17) is 5.14 Å². The number of nitrogens with zero attached hydrogens (tertiary/aromatic N) is 1. The molecule has 3 rings (SSSR count). The molecule has 1 atom stereocenters. The van der Waals surface area contributed by atoms with E-state index in [9.17, 15) is 16.8 Å². The van der Waals surface area contributed by atoms with Gasteiger partial charge in [-0.2, -0.15) is 4.31 Å². The number of sulfonamides is 2. The Morgan fingerprint density at radius 1 is 0.862 bits per heavy atom. The Bertz CT molecular complexity index is 1040. The molecule has 8 heteroatoms. The lowest BCUT2D eigenvalue weighted by Gasteiger charge is -2.25. The Hall–Kier alpha value is -1.74. The monoisotopic (exact) mass is 436 g/mol. The summed E-state index contributed by atoms with van der Waals surface area (Å²) in [5.74, 6) is 0.523. The van der Waals surface area contributed by atoms with Crippen LogP contribution in [0.4, 0.5) is 0 Å². The minimum absolute atomic E-state index is 0.00254. The predicted octanol–water partition coefficient (Wildman–Crippen LogP) is 3.76. The first kappa shape index (κ1) is 22.0. The van der Waals surface area contributed by atoms with Gasteiger partial charge >= 0.3 is 0 Å². The first-order valence-electron chi connectivity index (χ1n) is 9.81. The van der Waals surface area contributed by atoms with E-state index < -0.39 is 26.1 Å². The highest BCUT2D eigenvalue weighted by atomic mass is 32.2.